The van der Waals surface area contributed by atoms with E-state index in [0.717, 1.165) is 17.4 Å². The lowest BCUT2D eigenvalue weighted by atomic mass is 9.85. The summed E-state index contributed by atoms with van der Waals surface area (Å²) in [4.78, 5) is 16.5. The number of fused-ring (bicyclic) bond motifs is 1. The number of amidine groups is 1. The van der Waals surface area contributed by atoms with E-state index in [1.807, 2.05) is 18.2 Å². The van der Waals surface area contributed by atoms with E-state index in [-0.39, 0.29) is 23.3 Å². The summed E-state index contributed by atoms with van der Waals surface area (Å²) in [5.74, 6) is 1.55. The van der Waals surface area contributed by atoms with E-state index in [1.165, 1.54) is 12.1 Å². The van der Waals surface area contributed by atoms with Crippen LogP contribution in [0, 0.1) is 0 Å². The molecule has 0 aromatic heterocycles. The Morgan fingerprint density at radius 2 is 2.00 bits per heavy atom. The lowest BCUT2D eigenvalue weighted by Gasteiger charge is -2.26. The Hall–Kier alpha value is -2.84. The van der Waals surface area contributed by atoms with Crippen LogP contribution >= 0.6 is 11.6 Å². The van der Waals surface area contributed by atoms with Crippen molar-refractivity contribution in [3.63, 3.8) is 0 Å². The highest BCUT2D eigenvalue weighted by Crippen LogP contribution is 2.38. The number of aliphatic imine (C=N–C) groups is 1. The molecule has 2 aliphatic rings. The molecule has 1 fully saturated rings. The van der Waals surface area contributed by atoms with Crippen LogP contribution in [0.5, 0.6) is 11.5 Å². The molecule has 2 aromatic rings. The van der Waals surface area contributed by atoms with Crippen molar-refractivity contribution in [3.8, 4) is 11.5 Å². The molecule has 2 aromatic carbocycles. The SMILES string of the molecule is COc1cc(C2CC(=O)NC3=NCC=C32)ccc1OCc1ccc(S(C)(=O)=O)cc1Cl. The normalized spacial score (nSPS) is 18.0. The van der Waals surface area contributed by atoms with Crippen LogP contribution in [-0.4, -0.2) is 40.1 Å². The molecule has 0 bridgehead atoms. The molecule has 1 N–H and O–H groups in total. The number of methoxy groups -OCH3 is 1. The van der Waals surface area contributed by atoms with Crippen LogP contribution in [-0.2, 0) is 21.2 Å². The molecule has 1 unspecified atom stereocenters. The van der Waals surface area contributed by atoms with E-state index >= 15 is 0 Å². The van der Waals surface area contributed by atoms with Crippen LogP contribution in [0.3, 0.4) is 0 Å². The van der Waals surface area contributed by atoms with E-state index in [2.05, 4.69) is 10.3 Å². The molecule has 0 radical (unpaired) electrons. The number of nitrogens with one attached hydrogen (secondary N) is 1. The number of nitrogens with zero attached hydrogens (tertiary/aromatic N) is 1. The predicted octanol–water partition coefficient (Wildman–Crippen LogP) is 3.27. The van der Waals surface area contributed by atoms with Gasteiger partial charge in [0.1, 0.15) is 12.4 Å². The maximum atomic E-state index is 12.1. The van der Waals surface area contributed by atoms with E-state index in [9.17, 15) is 13.2 Å². The van der Waals surface area contributed by atoms with E-state index in [0.29, 0.717) is 40.9 Å². The van der Waals surface area contributed by atoms with Crippen molar-refractivity contribution in [1.29, 1.82) is 0 Å². The summed E-state index contributed by atoms with van der Waals surface area (Å²) >= 11 is 6.24. The molecule has 7 nitrogen and oxygen atoms in total. The Morgan fingerprint density at radius 3 is 2.71 bits per heavy atom. The zero-order valence-electron chi connectivity index (χ0n) is 17.0. The molecule has 0 spiro atoms. The lowest BCUT2D eigenvalue weighted by molar-refractivity contribution is -0.120. The van der Waals surface area contributed by atoms with E-state index in [1.54, 1.807) is 19.2 Å². The van der Waals surface area contributed by atoms with Gasteiger partial charge in [0, 0.05) is 34.8 Å². The highest BCUT2D eigenvalue weighted by Gasteiger charge is 2.32. The molecule has 0 aliphatic carbocycles. The first-order chi connectivity index (χ1) is 14.8. The lowest BCUT2D eigenvalue weighted by Crippen LogP contribution is -2.38. The van der Waals surface area contributed by atoms with Crippen molar-refractivity contribution < 1.29 is 22.7 Å². The summed E-state index contributed by atoms with van der Waals surface area (Å²) in [6, 6.07) is 10.1. The summed E-state index contributed by atoms with van der Waals surface area (Å²) in [6.07, 6.45) is 3.50. The standard InChI is InChI=1S/C22H21ClN2O5S/c1-29-20-9-13(17-11-21(26)25-22-16(17)7-8-24-22)4-6-19(20)30-12-14-3-5-15(10-18(14)23)31(2,27)28/h3-7,9-10,17H,8,11-12H2,1-2H3,(H,24,25,26). The van der Waals surface area contributed by atoms with Crippen LogP contribution in [0.1, 0.15) is 23.5 Å². The summed E-state index contributed by atoms with van der Waals surface area (Å²) < 4.78 is 34.7. The van der Waals surface area contributed by atoms with Gasteiger partial charge >= 0.3 is 0 Å². The fourth-order valence-corrected chi connectivity index (χ4v) is 4.62. The zero-order chi connectivity index (χ0) is 22.2. The van der Waals surface area contributed by atoms with Crippen LogP contribution in [0.2, 0.25) is 5.02 Å². The number of hydrogen-bond acceptors (Lipinski definition) is 6. The topological polar surface area (TPSA) is 94.1 Å². The maximum absolute atomic E-state index is 12.1. The van der Waals surface area contributed by atoms with Gasteiger partial charge in [0.25, 0.3) is 0 Å². The number of benzene rings is 2. The molecule has 2 heterocycles. The second-order valence-corrected chi connectivity index (χ2v) is 9.80. The zero-order valence-corrected chi connectivity index (χ0v) is 18.6. The first-order valence-electron chi connectivity index (χ1n) is 9.60. The Bertz CT molecular complexity index is 1220. The van der Waals surface area contributed by atoms with Crippen LogP contribution in [0.25, 0.3) is 0 Å². The molecule has 31 heavy (non-hydrogen) atoms. The van der Waals surface area contributed by atoms with Crippen molar-refractivity contribution in [2.24, 2.45) is 4.99 Å². The third kappa shape index (κ3) is 4.45. The number of ether oxygens (including phenoxy) is 2. The fraction of sp³-hybridized carbons (Fsp3) is 0.273. The van der Waals surface area contributed by atoms with Gasteiger partial charge in [-0.2, -0.15) is 0 Å². The summed E-state index contributed by atoms with van der Waals surface area (Å²) in [7, 11) is -1.78. The number of hydrogen-bond donors (Lipinski definition) is 1. The molecule has 4 rings (SSSR count). The average Bonchev–Trinajstić information content (AvgIpc) is 3.19. The quantitative estimate of drug-likeness (QED) is 0.714. The Labute approximate surface area is 185 Å². The van der Waals surface area contributed by atoms with Gasteiger partial charge in [-0.3, -0.25) is 9.79 Å². The minimum absolute atomic E-state index is 0.0609. The highest BCUT2D eigenvalue weighted by molar-refractivity contribution is 7.90. The smallest absolute Gasteiger partial charge is 0.226 e. The van der Waals surface area contributed by atoms with Gasteiger partial charge in [0.15, 0.2) is 21.3 Å². The first-order valence-corrected chi connectivity index (χ1v) is 11.9. The largest absolute Gasteiger partial charge is 0.493 e. The monoisotopic (exact) mass is 460 g/mol. The van der Waals surface area contributed by atoms with E-state index in [4.69, 9.17) is 21.1 Å². The van der Waals surface area contributed by atoms with Gasteiger partial charge in [-0.25, -0.2) is 8.42 Å². The van der Waals surface area contributed by atoms with Crippen molar-refractivity contribution in [2.45, 2.75) is 23.8 Å². The van der Waals surface area contributed by atoms with Gasteiger partial charge in [-0.1, -0.05) is 29.8 Å². The van der Waals surface area contributed by atoms with Crippen molar-refractivity contribution >= 4 is 33.2 Å². The third-order valence-corrected chi connectivity index (χ3v) is 6.74. The van der Waals surface area contributed by atoms with Gasteiger partial charge in [-0.05, 0) is 29.8 Å². The Morgan fingerprint density at radius 1 is 1.19 bits per heavy atom. The van der Waals surface area contributed by atoms with Crippen molar-refractivity contribution in [2.75, 3.05) is 19.9 Å². The predicted molar refractivity (Wildman–Crippen MR) is 118 cm³/mol. The fourth-order valence-electron chi connectivity index (χ4n) is 3.67. The second-order valence-electron chi connectivity index (χ2n) is 7.38. The number of rotatable bonds is 6. The third-order valence-electron chi connectivity index (χ3n) is 5.28. The van der Waals surface area contributed by atoms with Crippen LogP contribution < -0.4 is 14.8 Å². The number of piperidine rings is 1. The minimum Gasteiger partial charge on any atom is -0.493 e. The summed E-state index contributed by atoms with van der Waals surface area (Å²) in [5, 5.41) is 3.12. The number of amides is 1. The number of sulfone groups is 1. The second kappa shape index (κ2) is 8.36. The highest BCUT2D eigenvalue weighted by atomic mass is 35.5. The molecule has 9 heteroatoms. The number of halogens is 1. The average molecular weight is 461 g/mol. The van der Waals surface area contributed by atoms with Crippen molar-refractivity contribution in [3.05, 3.63) is 64.2 Å². The molecular weight excluding hydrogens is 440 g/mol. The van der Waals surface area contributed by atoms with Crippen molar-refractivity contribution in [1.82, 2.24) is 5.32 Å². The molecule has 2 aliphatic heterocycles. The Kier molecular flexibility index (Phi) is 5.77. The molecule has 162 valence electrons. The van der Waals surface area contributed by atoms with Gasteiger partial charge in [0.2, 0.25) is 5.91 Å². The van der Waals surface area contributed by atoms with Gasteiger partial charge in [-0.15, -0.1) is 0 Å². The number of carbonyl (C=O) groups excluding carboxylic acids is 1. The molecule has 1 amide bonds. The summed E-state index contributed by atoms with van der Waals surface area (Å²) in [5.41, 5.74) is 2.62. The minimum atomic E-state index is -3.33. The summed E-state index contributed by atoms with van der Waals surface area (Å²) in [6.45, 7) is 0.713. The van der Waals surface area contributed by atoms with Crippen LogP contribution in [0.15, 0.2) is 57.9 Å². The molecular formula is C22H21ClN2O5S. The number of carbonyl (C=O) groups is 1. The Balaban J connectivity index is 1.54. The molecule has 1 saturated heterocycles. The molecule has 0 saturated carbocycles. The van der Waals surface area contributed by atoms with Gasteiger partial charge in [0.05, 0.1) is 18.6 Å². The molecule has 1 atom stereocenters. The first kappa shape index (κ1) is 21.4. The maximum Gasteiger partial charge on any atom is 0.226 e. The van der Waals surface area contributed by atoms with Gasteiger partial charge < -0.3 is 14.8 Å². The van der Waals surface area contributed by atoms with Crippen LogP contribution in [0.4, 0.5) is 0 Å². The van der Waals surface area contributed by atoms with E-state index < -0.39 is 9.84 Å².